The second-order valence-electron chi connectivity index (χ2n) is 7.40. The maximum absolute atomic E-state index is 13.9. The lowest BCUT2D eigenvalue weighted by molar-refractivity contribution is -0.139. The maximum atomic E-state index is 13.9. The quantitative estimate of drug-likeness (QED) is 0.314. The summed E-state index contributed by atoms with van der Waals surface area (Å²) in [4.78, 5) is 23.4. The molecule has 0 fully saturated rings. The van der Waals surface area contributed by atoms with Crippen LogP contribution in [0.1, 0.15) is 23.5 Å². The molecule has 178 valence electrons. The Morgan fingerprint density at radius 3 is 2.89 bits per heavy atom. The smallest absolute Gasteiger partial charge is 0.338 e. The van der Waals surface area contributed by atoms with E-state index in [2.05, 4.69) is 36.5 Å². The van der Waals surface area contributed by atoms with E-state index in [1.165, 1.54) is 23.5 Å². The molecule has 0 saturated carbocycles. The molecule has 0 spiro atoms. The van der Waals surface area contributed by atoms with Crippen LogP contribution in [0.15, 0.2) is 74.2 Å². The average Bonchev–Trinajstić information content (AvgIpc) is 3.61. The van der Waals surface area contributed by atoms with Crippen molar-refractivity contribution in [3.8, 4) is 10.6 Å². The van der Waals surface area contributed by atoms with Gasteiger partial charge in [0.15, 0.2) is 10.8 Å². The van der Waals surface area contributed by atoms with Crippen LogP contribution in [0, 0.1) is 5.82 Å². The van der Waals surface area contributed by atoms with E-state index >= 15 is 0 Å². The topological polar surface area (TPSA) is 94.3 Å². The molecule has 4 heterocycles. The Morgan fingerprint density at radius 2 is 2.17 bits per heavy atom. The van der Waals surface area contributed by atoms with Gasteiger partial charge >= 0.3 is 5.97 Å². The molecule has 0 bridgehead atoms. The first-order valence-electron chi connectivity index (χ1n) is 10.6. The summed E-state index contributed by atoms with van der Waals surface area (Å²) in [6, 6.07) is 7.47. The van der Waals surface area contributed by atoms with Crippen LogP contribution >= 0.6 is 38.6 Å². The van der Waals surface area contributed by atoms with E-state index in [1.54, 1.807) is 35.2 Å². The van der Waals surface area contributed by atoms with E-state index in [1.807, 2.05) is 29.1 Å². The molecule has 1 unspecified atom stereocenters. The van der Waals surface area contributed by atoms with Crippen molar-refractivity contribution in [3.05, 3.63) is 85.6 Å². The van der Waals surface area contributed by atoms with Crippen molar-refractivity contribution >= 4 is 50.4 Å². The molecule has 1 aromatic carbocycles. The number of esters is 1. The minimum Gasteiger partial charge on any atom is -0.463 e. The molecule has 3 aromatic heterocycles. The number of hydrogen-bond donors (Lipinski definition) is 1. The molecular weight excluding hydrogens is 555 g/mol. The predicted molar refractivity (Wildman–Crippen MR) is 136 cm³/mol. The Balaban J connectivity index is 1.61. The van der Waals surface area contributed by atoms with Gasteiger partial charge in [-0.25, -0.2) is 18.9 Å². The summed E-state index contributed by atoms with van der Waals surface area (Å²) in [6.07, 6.45) is 3.50. The highest BCUT2D eigenvalue weighted by Gasteiger charge is 2.34. The highest BCUT2D eigenvalue weighted by Crippen LogP contribution is 2.37. The van der Waals surface area contributed by atoms with Crippen molar-refractivity contribution in [2.75, 3.05) is 6.61 Å². The number of carbonyl (C=O) groups excluding carboxylic acids is 1. The van der Waals surface area contributed by atoms with Crippen LogP contribution in [0.5, 0.6) is 0 Å². The van der Waals surface area contributed by atoms with Crippen LogP contribution in [0.3, 0.4) is 0 Å². The van der Waals surface area contributed by atoms with Gasteiger partial charge in [-0.1, -0.05) is 33.3 Å². The number of thiophene rings is 1. The number of amidine groups is 1. The lowest BCUT2D eigenvalue weighted by atomic mass is 9.95. The monoisotopic (exact) mass is 572 g/mol. The lowest BCUT2D eigenvalue weighted by Gasteiger charge is -2.27. The van der Waals surface area contributed by atoms with Gasteiger partial charge in [0.1, 0.15) is 17.6 Å². The second kappa shape index (κ2) is 10.2. The first kappa shape index (κ1) is 23.5. The zero-order valence-electron chi connectivity index (χ0n) is 18.3. The minimum atomic E-state index is -0.750. The standard InChI is InChI=1S/C23H18BrFN6O2S2/c1-2-33-23(32)19-17(12-31-11-16(29-30-31)18-4-3-8-34-18)27-21(22-26-7-9-35-22)28-20(19)14-6-5-13(25)10-15(14)24/h3-11,20H,2,12H2,1H3,(H,27,28). The minimum absolute atomic E-state index is 0.196. The summed E-state index contributed by atoms with van der Waals surface area (Å²) >= 11 is 6.42. The maximum Gasteiger partial charge on any atom is 0.338 e. The van der Waals surface area contributed by atoms with E-state index in [0.717, 1.165) is 10.6 Å². The van der Waals surface area contributed by atoms with Gasteiger partial charge in [0.2, 0.25) is 0 Å². The van der Waals surface area contributed by atoms with E-state index < -0.39 is 17.8 Å². The zero-order valence-corrected chi connectivity index (χ0v) is 21.5. The van der Waals surface area contributed by atoms with Crippen molar-refractivity contribution < 1.29 is 13.9 Å². The van der Waals surface area contributed by atoms with Gasteiger partial charge in [-0.2, -0.15) is 0 Å². The van der Waals surface area contributed by atoms with Gasteiger partial charge in [0, 0.05) is 16.0 Å². The molecule has 0 amide bonds. The van der Waals surface area contributed by atoms with Gasteiger partial charge < -0.3 is 10.1 Å². The summed E-state index contributed by atoms with van der Waals surface area (Å²) in [6.45, 7) is 2.15. The third-order valence-corrected chi connectivity index (χ3v) is 7.50. The molecule has 1 aliphatic heterocycles. The van der Waals surface area contributed by atoms with Gasteiger partial charge in [0.05, 0.1) is 35.5 Å². The molecule has 0 aliphatic carbocycles. The zero-order chi connectivity index (χ0) is 24.4. The molecule has 35 heavy (non-hydrogen) atoms. The Hall–Kier alpha value is -3.22. The van der Waals surface area contributed by atoms with Crippen molar-refractivity contribution in [2.24, 2.45) is 4.99 Å². The summed E-state index contributed by atoms with van der Waals surface area (Å²) in [5.74, 6) is -0.413. The molecule has 12 heteroatoms. The number of aromatic nitrogens is 4. The SMILES string of the molecule is CCOC(=O)C1=C(Cn2cc(-c3cccs3)nn2)NC(c2nccs2)=NC1c1ccc(F)cc1Br. The van der Waals surface area contributed by atoms with Crippen LogP contribution in [0.4, 0.5) is 4.39 Å². The average molecular weight is 573 g/mol. The summed E-state index contributed by atoms with van der Waals surface area (Å²) in [5.41, 5.74) is 2.22. The molecule has 0 radical (unpaired) electrons. The highest BCUT2D eigenvalue weighted by atomic mass is 79.9. The number of hydrogen-bond acceptors (Lipinski definition) is 9. The molecule has 8 nitrogen and oxygen atoms in total. The number of rotatable bonds is 7. The lowest BCUT2D eigenvalue weighted by Crippen LogP contribution is -2.35. The van der Waals surface area contributed by atoms with E-state index in [9.17, 15) is 9.18 Å². The second-order valence-corrected chi connectivity index (χ2v) is 10.1. The fourth-order valence-corrected chi connectivity index (χ4v) is 5.47. The summed E-state index contributed by atoms with van der Waals surface area (Å²) in [5, 5.41) is 16.3. The molecular formula is C23H18BrFN6O2S2. The van der Waals surface area contributed by atoms with Crippen molar-refractivity contribution in [3.63, 3.8) is 0 Å². The van der Waals surface area contributed by atoms with E-state index in [4.69, 9.17) is 9.73 Å². The number of ether oxygens (including phenoxy) is 1. The Bertz CT molecular complexity index is 1420. The molecule has 5 rings (SSSR count). The van der Waals surface area contributed by atoms with Crippen LogP contribution in [0.2, 0.25) is 0 Å². The Labute approximate surface area is 216 Å². The molecule has 4 aromatic rings. The van der Waals surface area contributed by atoms with Gasteiger partial charge in [-0.15, -0.1) is 27.8 Å². The van der Waals surface area contributed by atoms with Gasteiger partial charge in [0.25, 0.3) is 0 Å². The Kier molecular flexibility index (Phi) is 6.84. The Morgan fingerprint density at radius 1 is 1.29 bits per heavy atom. The van der Waals surface area contributed by atoms with Crippen LogP contribution in [0.25, 0.3) is 10.6 Å². The number of aliphatic imine (C=N–C) groups is 1. The first-order chi connectivity index (χ1) is 17.0. The number of thiazole rings is 1. The molecule has 0 saturated heterocycles. The number of nitrogens with zero attached hydrogens (tertiary/aromatic N) is 5. The molecule has 1 aliphatic rings. The van der Waals surface area contributed by atoms with E-state index in [-0.39, 0.29) is 13.2 Å². The number of carbonyl (C=O) groups is 1. The van der Waals surface area contributed by atoms with Gasteiger partial charge in [-0.3, -0.25) is 4.99 Å². The highest BCUT2D eigenvalue weighted by molar-refractivity contribution is 9.10. The largest absolute Gasteiger partial charge is 0.463 e. The van der Waals surface area contributed by atoms with Crippen LogP contribution in [-0.4, -0.2) is 38.4 Å². The number of halogens is 2. The van der Waals surface area contributed by atoms with Crippen molar-refractivity contribution in [2.45, 2.75) is 19.5 Å². The van der Waals surface area contributed by atoms with Crippen molar-refractivity contribution in [1.29, 1.82) is 0 Å². The molecule has 1 atom stereocenters. The van der Waals surface area contributed by atoms with Crippen LogP contribution in [-0.2, 0) is 16.1 Å². The summed E-state index contributed by atoms with van der Waals surface area (Å²) in [7, 11) is 0. The number of nitrogens with one attached hydrogen (secondary N) is 1. The van der Waals surface area contributed by atoms with E-state index in [0.29, 0.717) is 32.1 Å². The summed E-state index contributed by atoms with van der Waals surface area (Å²) < 4.78 is 21.4. The van der Waals surface area contributed by atoms with Gasteiger partial charge in [-0.05, 0) is 36.1 Å². The molecule has 1 N–H and O–H groups in total. The number of allylic oxidation sites excluding steroid dienone is 1. The van der Waals surface area contributed by atoms with Crippen LogP contribution < -0.4 is 5.32 Å². The fraction of sp³-hybridized carbons (Fsp3) is 0.174. The predicted octanol–water partition coefficient (Wildman–Crippen LogP) is 4.97. The first-order valence-corrected chi connectivity index (χ1v) is 13.1. The third kappa shape index (κ3) is 4.95. The van der Waals surface area contributed by atoms with Crippen molar-refractivity contribution in [1.82, 2.24) is 25.3 Å². The fourth-order valence-electron chi connectivity index (χ4n) is 3.64. The normalized spacial score (nSPS) is 15.6. The number of benzene rings is 1. The third-order valence-electron chi connectivity index (χ3n) is 5.15.